The van der Waals surface area contributed by atoms with Gasteiger partial charge in [0, 0.05) is 24.8 Å². The number of carbonyl (C=O) groups is 2. The van der Waals surface area contributed by atoms with Crippen molar-refractivity contribution in [2.24, 2.45) is 11.7 Å². The molecule has 0 spiro atoms. The maximum atomic E-state index is 11.8. The normalized spacial score (nSPS) is 21.0. The molecule has 0 radical (unpaired) electrons. The topological polar surface area (TPSA) is 85.5 Å². The van der Waals surface area contributed by atoms with Gasteiger partial charge in [-0.15, -0.1) is 11.8 Å². The lowest BCUT2D eigenvalue weighted by molar-refractivity contribution is -0.141. The van der Waals surface area contributed by atoms with Gasteiger partial charge in [-0.25, -0.2) is 4.98 Å². The Kier molecular flexibility index (Phi) is 6.40. The molecule has 2 heterocycles. The Bertz CT molecular complexity index is 661. The number of hydrogen-bond acceptors (Lipinski definition) is 6. The van der Waals surface area contributed by atoms with E-state index in [1.165, 1.54) is 32.8 Å². The molecule has 1 aromatic rings. The number of nitrogens with two attached hydrogens (primary N) is 1. The lowest BCUT2D eigenvalue weighted by atomic mass is 9.95. The van der Waals surface area contributed by atoms with Crippen LogP contribution < -0.4 is 10.6 Å². The summed E-state index contributed by atoms with van der Waals surface area (Å²) >= 11 is 1.69. The summed E-state index contributed by atoms with van der Waals surface area (Å²) < 4.78 is 4.80. The van der Waals surface area contributed by atoms with Gasteiger partial charge in [-0.3, -0.25) is 9.59 Å². The molecule has 0 aromatic carbocycles. The van der Waals surface area contributed by atoms with Gasteiger partial charge in [0.1, 0.15) is 10.8 Å². The highest BCUT2D eigenvalue weighted by Crippen LogP contribution is 2.36. The molecule has 1 aliphatic heterocycles. The van der Waals surface area contributed by atoms with Gasteiger partial charge in [0.05, 0.1) is 12.7 Å². The van der Waals surface area contributed by atoms with Crippen LogP contribution in [0.25, 0.3) is 0 Å². The first-order valence-electron chi connectivity index (χ1n) is 9.36. The molecular weight excluding hydrogens is 350 g/mol. The first kappa shape index (κ1) is 19.0. The fourth-order valence-electron chi connectivity index (χ4n) is 3.81. The number of piperidine rings is 1. The minimum atomic E-state index is -0.424. The second-order valence-corrected chi connectivity index (χ2v) is 8.43. The number of carbonyl (C=O) groups excluding carboxylic acids is 2. The zero-order valence-corrected chi connectivity index (χ0v) is 16.1. The van der Waals surface area contributed by atoms with Gasteiger partial charge in [0.2, 0.25) is 0 Å². The molecule has 26 heavy (non-hydrogen) atoms. The summed E-state index contributed by atoms with van der Waals surface area (Å²) in [6.07, 6.45) is 7.30. The molecular formula is C19H27N3O3S. The van der Waals surface area contributed by atoms with E-state index in [0.717, 1.165) is 36.8 Å². The van der Waals surface area contributed by atoms with E-state index in [1.807, 2.05) is 6.07 Å². The number of nitrogens with zero attached hydrogens (tertiary/aromatic N) is 2. The van der Waals surface area contributed by atoms with E-state index in [1.54, 1.807) is 17.8 Å². The van der Waals surface area contributed by atoms with E-state index in [9.17, 15) is 9.59 Å². The quantitative estimate of drug-likeness (QED) is 0.767. The highest BCUT2D eigenvalue weighted by atomic mass is 32.2. The van der Waals surface area contributed by atoms with Crippen LogP contribution in [0, 0.1) is 5.92 Å². The third-order valence-corrected chi connectivity index (χ3v) is 6.56. The van der Waals surface area contributed by atoms with Gasteiger partial charge in [-0.2, -0.15) is 0 Å². The van der Waals surface area contributed by atoms with Gasteiger partial charge >= 0.3 is 5.97 Å². The van der Waals surface area contributed by atoms with Gasteiger partial charge in [-0.1, -0.05) is 12.8 Å². The number of pyridine rings is 1. The number of primary amides is 1. The predicted octanol–water partition coefficient (Wildman–Crippen LogP) is 2.99. The van der Waals surface area contributed by atoms with Crippen LogP contribution in [-0.2, 0) is 9.53 Å². The fourth-order valence-corrected chi connectivity index (χ4v) is 5.13. The SMILES string of the molecule is COC(=O)C[C@@H]1CCCN(c2ccc(C(N)=O)c(SC3CCCC3)n2)C1. The number of hydrogen-bond donors (Lipinski definition) is 1. The van der Waals surface area contributed by atoms with Crippen LogP contribution in [0.1, 0.15) is 55.3 Å². The summed E-state index contributed by atoms with van der Waals surface area (Å²) in [5.74, 6) is 0.558. The highest BCUT2D eigenvalue weighted by Gasteiger charge is 2.25. The van der Waals surface area contributed by atoms with Crippen LogP contribution in [0.3, 0.4) is 0 Å². The number of rotatable bonds is 6. The van der Waals surface area contributed by atoms with Gasteiger partial charge in [0.15, 0.2) is 0 Å². The van der Waals surface area contributed by atoms with E-state index in [0.29, 0.717) is 17.2 Å². The Morgan fingerprint density at radius 1 is 1.27 bits per heavy atom. The van der Waals surface area contributed by atoms with Crippen LogP contribution in [0.4, 0.5) is 5.82 Å². The largest absolute Gasteiger partial charge is 0.469 e. The molecule has 2 fully saturated rings. The van der Waals surface area contributed by atoms with Gasteiger partial charge in [-0.05, 0) is 43.7 Å². The third-order valence-electron chi connectivity index (χ3n) is 5.22. The Labute approximate surface area is 158 Å². The summed E-state index contributed by atoms with van der Waals surface area (Å²) in [5.41, 5.74) is 6.06. The van der Waals surface area contributed by atoms with E-state index in [-0.39, 0.29) is 11.9 Å². The summed E-state index contributed by atoms with van der Waals surface area (Å²) in [4.78, 5) is 30.4. The highest BCUT2D eigenvalue weighted by molar-refractivity contribution is 7.99. The van der Waals surface area contributed by atoms with Crippen molar-refractivity contribution in [2.75, 3.05) is 25.1 Å². The smallest absolute Gasteiger partial charge is 0.305 e. The number of esters is 1. The van der Waals surface area contributed by atoms with Crippen molar-refractivity contribution >= 4 is 29.5 Å². The lowest BCUT2D eigenvalue weighted by Gasteiger charge is -2.33. The zero-order chi connectivity index (χ0) is 18.5. The molecule has 3 rings (SSSR count). The van der Waals surface area contributed by atoms with Crippen molar-refractivity contribution in [1.82, 2.24) is 4.98 Å². The third kappa shape index (κ3) is 4.69. The first-order chi connectivity index (χ1) is 12.6. The summed E-state index contributed by atoms with van der Waals surface area (Å²) in [5, 5.41) is 1.27. The molecule has 1 saturated carbocycles. The van der Waals surface area contributed by atoms with Crippen molar-refractivity contribution in [2.45, 2.75) is 55.2 Å². The minimum Gasteiger partial charge on any atom is -0.469 e. The van der Waals surface area contributed by atoms with Crippen LogP contribution in [0.5, 0.6) is 0 Å². The molecule has 1 aromatic heterocycles. The maximum absolute atomic E-state index is 11.8. The van der Waals surface area contributed by atoms with E-state index in [2.05, 4.69) is 4.90 Å². The van der Waals surface area contributed by atoms with Crippen molar-refractivity contribution in [1.29, 1.82) is 0 Å². The molecule has 7 heteroatoms. The molecule has 1 amide bonds. The molecule has 2 N–H and O–H groups in total. The van der Waals surface area contributed by atoms with Crippen molar-refractivity contribution in [3.8, 4) is 0 Å². The number of aromatic nitrogens is 1. The van der Waals surface area contributed by atoms with Gasteiger partial charge < -0.3 is 15.4 Å². The molecule has 0 unspecified atom stereocenters. The second kappa shape index (κ2) is 8.75. The summed E-state index contributed by atoms with van der Waals surface area (Å²) in [6, 6.07) is 3.67. The molecule has 1 atom stereocenters. The number of anilines is 1. The Morgan fingerprint density at radius 3 is 2.73 bits per heavy atom. The number of amides is 1. The van der Waals surface area contributed by atoms with Crippen LogP contribution in [0.2, 0.25) is 0 Å². The molecule has 1 aliphatic carbocycles. The van der Waals surface area contributed by atoms with E-state index in [4.69, 9.17) is 15.5 Å². The first-order valence-corrected chi connectivity index (χ1v) is 10.2. The van der Waals surface area contributed by atoms with Crippen LogP contribution in [-0.4, -0.2) is 42.3 Å². The van der Waals surface area contributed by atoms with Crippen molar-refractivity contribution in [3.63, 3.8) is 0 Å². The Morgan fingerprint density at radius 2 is 2.04 bits per heavy atom. The fraction of sp³-hybridized carbons (Fsp3) is 0.632. The summed E-state index contributed by atoms with van der Waals surface area (Å²) in [6.45, 7) is 1.69. The molecule has 6 nitrogen and oxygen atoms in total. The Hall–Kier alpha value is -1.76. The predicted molar refractivity (Wildman–Crippen MR) is 102 cm³/mol. The number of ether oxygens (including phenoxy) is 1. The Balaban J connectivity index is 1.76. The van der Waals surface area contributed by atoms with Crippen LogP contribution in [0.15, 0.2) is 17.2 Å². The molecule has 0 bridgehead atoms. The molecule has 2 aliphatic rings. The molecule has 142 valence electrons. The van der Waals surface area contributed by atoms with E-state index < -0.39 is 5.91 Å². The average molecular weight is 378 g/mol. The zero-order valence-electron chi connectivity index (χ0n) is 15.3. The van der Waals surface area contributed by atoms with E-state index >= 15 is 0 Å². The van der Waals surface area contributed by atoms with Crippen molar-refractivity contribution in [3.05, 3.63) is 17.7 Å². The van der Waals surface area contributed by atoms with Gasteiger partial charge in [0.25, 0.3) is 5.91 Å². The monoisotopic (exact) mass is 377 g/mol. The second-order valence-electron chi connectivity index (χ2n) is 7.15. The van der Waals surface area contributed by atoms with Crippen molar-refractivity contribution < 1.29 is 14.3 Å². The summed E-state index contributed by atoms with van der Waals surface area (Å²) in [7, 11) is 1.43. The standard InChI is InChI=1S/C19H27N3O3S/c1-25-17(23)11-13-5-4-10-22(12-13)16-9-8-15(18(20)24)19(21-16)26-14-6-2-3-7-14/h8-9,13-14H,2-7,10-12H2,1H3,(H2,20,24)/t13-/m0/s1. The maximum Gasteiger partial charge on any atom is 0.305 e. The number of thioether (sulfide) groups is 1. The minimum absolute atomic E-state index is 0.161. The average Bonchev–Trinajstić information content (AvgIpc) is 3.14. The van der Waals surface area contributed by atoms with Crippen LogP contribution >= 0.6 is 11.8 Å². The lowest BCUT2D eigenvalue weighted by Crippen LogP contribution is -2.37. The number of methoxy groups -OCH3 is 1. The molecule has 1 saturated heterocycles.